The maximum Gasteiger partial charge on any atom is 0.261 e. The Kier molecular flexibility index (Phi) is 5.43. The molecule has 0 aromatic heterocycles. The second-order valence-electron chi connectivity index (χ2n) is 6.32. The largest absolute Gasteiger partial charge is 0.337 e. The van der Waals surface area contributed by atoms with Crippen LogP contribution in [0.15, 0.2) is 47.4 Å². The van der Waals surface area contributed by atoms with Gasteiger partial charge in [0.2, 0.25) is 0 Å². The lowest BCUT2D eigenvalue weighted by molar-refractivity contribution is 0.0744. The fourth-order valence-corrected chi connectivity index (χ4v) is 3.95. The molecule has 0 radical (unpaired) electrons. The van der Waals surface area contributed by atoms with E-state index >= 15 is 0 Å². The van der Waals surface area contributed by atoms with Crippen molar-refractivity contribution in [3.8, 4) is 0 Å². The second kappa shape index (κ2) is 7.61. The minimum atomic E-state index is -4.08. The Hall–Kier alpha value is -2.52. The van der Waals surface area contributed by atoms with E-state index in [0.717, 1.165) is 31.6 Å². The molecule has 27 heavy (non-hydrogen) atoms. The van der Waals surface area contributed by atoms with Gasteiger partial charge >= 0.3 is 0 Å². The Labute approximate surface area is 156 Å². The number of amides is 1. The number of carbonyl (C=O) groups is 1. The number of benzene rings is 2. The number of halogens is 2. The molecular formula is C18H19F2N3O3S. The lowest BCUT2D eigenvalue weighted by atomic mass is 10.1. The highest BCUT2D eigenvalue weighted by molar-refractivity contribution is 7.92. The first-order chi connectivity index (χ1) is 12.8. The van der Waals surface area contributed by atoms with Crippen LogP contribution in [0.1, 0.15) is 16.8 Å². The number of hydrogen-bond acceptors (Lipinski definition) is 4. The quantitative estimate of drug-likeness (QED) is 0.814. The van der Waals surface area contributed by atoms with Gasteiger partial charge in [0.1, 0.15) is 0 Å². The summed E-state index contributed by atoms with van der Waals surface area (Å²) in [5.74, 6) is -2.53. The summed E-state index contributed by atoms with van der Waals surface area (Å²) >= 11 is 0. The van der Waals surface area contributed by atoms with Crippen molar-refractivity contribution in [3.05, 3.63) is 59.7 Å². The molecule has 1 heterocycles. The van der Waals surface area contributed by atoms with Gasteiger partial charge in [0.15, 0.2) is 11.6 Å². The Bertz CT molecular complexity index is 943. The van der Waals surface area contributed by atoms with Gasteiger partial charge in [-0.05, 0) is 55.4 Å². The zero-order valence-electron chi connectivity index (χ0n) is 14.6. The van der Waals surface area contributed by atoms with E-state index < -0.39 is 26.6 Å². The van der Waals surface area contributed by atoms with E-state index in [0.29, 0.717) is 11.6 Å². The van der Waals surface area contributed by atoms with E-state index in [4.69, 9.17) is 0 Å². The van der Waals surface area contributed by atoms with E-state index in [-0.39, 0.29) is 17.6 Å². The topological polar surface area (TPSA) is 78.5 Å². The predicted octanol–water partition coefficient (Wildman–Crippen LogP) is 2.20. The van der Waals surface area contributed by atoms with Gasteiger partial charge in [-0.15, -0.1) is 0 Å². The number of sulfonamides is 1. The average Bonchev–Trinajstić information content (AvgIpc) is 3.17. The summed E-state index contributed by atoms with van der Waals surface area (Å²) in [6, 6.07) is 8.40. The van der Waals surface area contributed by atoms with Gasteiger partial charge < -0.3 is 10.2 Å². The van der Waals surface area contributed by atoms with Crippen molar-refractivity contribution in [1.82, 2.24) is 10.2 Å². The van der Waals surface area contributed by atoms with Gasteiger partial charge in [-0.2, -0.15) is 0 Å². The molecule has 0 aliphatic carbocycles. The fraction of sp³-hybridized carbons (Fsp3) is 0.278. The molecule has 1 fully saturated rings. The van der Waals surface area contributed by atoms with Crippen LogP contribution in [0, 0.1) is 11.6 Å². The maximum atomic E-state index is 13.3. The molecule has 144 valence electrons. The number of nitrogens with zero attached hydrogens (tertiary/aromatic N) is 1. The van der Waals surface area contributed by atoms with Gasteiger partial charge in [-0.1, -0.05) is 0 Å². The van der Waals surface area contributed by atoms with Crippen LogP contribution < -0.4 is 10.0 Å². The highest BCUT2D eigenvalue weighted by Gasteiger charge is 2.24. The first-order valence-electron chi connectivity index (χ1n) is 8.34. The van der Waals surface area contributed by atoms with Crippen LogP contribution in [0.5, 0.6) is 0 Å². The number of nitrogens with one attached hydrogen (secondary N) is 2. The molecule has 1 amide bonds. The summed E-state index contributed by atoms with van der Waals surface area (Å²) in [6.45, 7) is 1.61. The number of carbonyl (C=O) groups excluding carboxylic acids is 1. The van der Waals surface area contributed by atoms with Crippen molar-refractivity contribution in [2.75, 3.05) is 24.9 Å². The van der Waals surface area contributed by atoms with E-state index in [2.05, 4.69) is 10.0 Å². The average molecular weight is 395 g/mol. The highest BCUT2D eigenvalue weighted by atomic mass is 32.2. The third kappa shape index (κ3) is 4.25. The molecule has 1 saturated heterocycles. The minimum absolute atomic E-state index is 0.129. The number of likely N-dealkylation sites (N-methyl/N-ethyl adjacent to an activating group) is 1. The zero-order chi connectivity index (χ0) is 19.6. The standard InChI is InChI=1S/C18H19F2N3O3S/c1-23(14-8-9-21-11-14)18(24)12-2-4-13(5-3-12)22-27(25,26)15-6-7-16(19)17(20)10-15/h2-7,10,14,21-22H,8-9,11H2,1H3. The summed E-state index contributed by atoms with van der Waals surface area (Å²) in [6.07, 6.45) is 0.883. The summed E-state index contributed by atoms with van der Waals surface area (Å²) in [4.78, 5) is 13.8. The first kappa shape index (κ1) is 19.2. The van der Waals surface area contributed by atoms with Crippen molar-refractivity contribution in [3.63, 3.8) is 0 Å². The van der Waals surface area contributed by atoms with E-state index in [1.54, 1.807) is 11.9 Å². The van der Waals surface area contributed by atoms with Crippen LogP contribution in [0.2, 0.25) is 0 Å². The molecule has 0 spiro atoms. The van der Waals surface area contributed by atoms with Gasteiger partial charge in [0, 0.05) is 30.9 Å². The molecular weight excluding hydrogens is 376 g/mol. The van der Waals surface area contributed by atoms with Crippen LogP contribution in [-0.4, -0.2) is 45.4 Å². The predicted molar refractivity (Wildman–Crippen MR) is 97.0 cm³/mol. The SMILES string of the molecule is CN(C(=O)c1ccc(NS(=O)(=O)c2ccc(F)c(F)c2)cc1)C1CCNC1. The van der Waals surface area contributed by atoms with Gasteiger partial charge in [0.25, 0.3) is 15.9 Å². The molecule has 1 unspecified atom stereocenters. The maximum absolute atomic E-state index is 13.3. The summed E-state index contributed by atoms with van der Waals surface area (Å²) in [7, 11) is -2.34. The Morgan fingerprint density at radius 2 is 1.85 bits per heavy atom. The van der Waals surface area contributed by atoms with Gasteiger partial charge in [-0.3, -0.25) is 9.52 Å². The Morgan fingerprint density at radius 1 is 1.15 bits per heavy atom. The first-order valence-corrected chi connectivity index (χ1v) is 9.82. The van der Waals surface area contributed by atoms with Crippen LogP contribution >= 0.6 is 0 Å². The molecule has 9 heteroatoms. The summed E-state index contributed by atoms with van der Waals surface area (Å²) in [5.41, 5.74) is 0.640. The third-order valence-corrected chi connectivity index (χ3v) is 5.87. The summed E-state index contributed by atoms with van der Waals surface area (Å²) in [5, 5.41) is 3.20. The van der Waals surface area contributed by atoms with Crippen LogP contribution in [0.25, 0.3) is 0 Å². The van der Waals surface area contributed by atoms with Crippen LogP contribution in [0.4, 0.5) is 14.5 Å². The van der Waals surface area contributed by atoms with Crippen molar-refractivity contribution in [2.24, 2.45) is 0 Å². The summed E-state index contributed by atoms with van der Waals surface area (Å²) < 4.78 is 53.1. The van der Waals surface area contributed by atoms with Crippen molar-refractivity contribution in [2.45, 2.75) is 17.4 Å². The number of anilines is 1. The molecule has 2 aromatic carbocycles. The van der Waals surface area contributed by atoms with Crippen molar-refractivity contribution < 1.29 is 22.0 Å². The van der Waals surface area contributed by atoms with E-state index in [1.165, 1.54) is 24.3 Å². The molecule has 1 aliphatic heterocycles. The third-order valence-electron chi connectivity index (χ3n) is 4.49. The molecule has 1 atom stereocenters. The van der Waals surface area contributed by atoms with E-state index in [1.807, 2.05) is 0 Å². The molecule has 2 N–H and O–H groups in total. The minimum Gasteiger partial charge on any atom is -0.337 e. The highest BCUT2D eigenvalue weighted by Crippen LogP contribution is 2.19. The second-order valence-corrected chi connectivity index (χ2v) is 8.00. The molecule has 0 bridgehead atoms. The monoisotopic (exact) mass is 395 g/mol. The van der Waals surface area contributed by atoms with Crippen molar-refractivity contribution in [1.29, 1.82) is 0 Å². The lowest BCUT2D eigenvalue weighted by Gasteiger charge is -2.23. The molecule has 2 aromatic rings. The molecule has 3 rings (SSSR count). The van der Waals surface area contributed by atoms with Crippen molar-refractivity contribution >= 4 is 21.6 Å². The smallest absolute Gasteiger partial charge is 0.261 e. The fourth-order valence-electron chi connectivity index (χ4n) is 2.88. The molecule has 6 nitrogen and oxygen atoms in total. The number of rotatable bonds is 5. The van der Waals surface area contributed by atoms with Crippen LogP contribution in [-0.2, 0) is 10.0 Å². The van der Waals surface area contributed by atoms with Gasteiger partial charge in [-0.25, -0.2) is 17.2 Å². The van der Waals surface area contributed by atoms with E-state index in [9.17, 15) is 22.0 Å². The molecule has 1 aliphatic rings. The van der Waals surface area contributed by atoms with Gasteiger partial charge in [0.05, 0.1) is 4.90 Å². The normalized spacial score (nSPS) is 16.9. The lowest BCUT2D eigenvalue weighted by Crippen LogP contribution is -2.38. The Balaban J connectivity index is 1.73. The van der Waals surface area contributed by atoms with Crippen LogP contribution in [0.3, 0.4) is 0 Å². The molecule has 0 saturated carbocycles. The Morgan fingerprint density at radius 3 is 2.44 bits per heavy atom. The zero-order valence-corrected chi connectivity index (χ0v) is 15.4. The number of hydrogen-bond donors (Lipinski definition) is 2.